The Morgan fingerprint density at radius 2 is 2.50 bits per heavy atom. The summed E-state index contributed by atoms with van der Waals surface area (Å²) in [5.74, 6) is 0. The maximum atomic E-state index is 4.12. The van der Waals surface area contributed by atoms with Crippen molar-refractivity contribution in [3.63, 3.8) is 0 Å². The molecule has 0 N–H and O–H groups in total. The predicted molar refractivity (Wildman–Crippen MR) is 41.7 cm³/mol. The molecule has 1 rings (SSSR count). The first-order valence-electron chi connectivity index (χ1n) is 3.17. The van der Waals surface area contributed by atoms with Gasteiger partial charge in [0.15, 0.2) is 0 Å². The molecule has 10 heavy (non-hydrogen) atoms. The van der Waals surface area contributed by atoms with Gasteiger partial charge in [-0.05, 0) is 18.2 Å². The molecule has 0 aliphatic carbocycles. The van der Waals surface area contributed by atoms with Gasteiger partial charge in [0.05, 0.1) is 0 Å². The Bertz CT molecular complexity index is 232. The molecule has 0 aliphatic heterocycles. The minimum absolute atomic E-state index is 0.824. The number of pyridine rings is 1. The van der Waals surface area contributed by atoms with Crippen LogP contribution in [0.1, 0.15) is 5.69 Å². The van der Waals surface area contributed by atoms with Crippen LogP contribution in [0.4, 0.5) is 0 Å². The lowest BCUT2D eigenvalue weighted by atomic mass is 10.3. The Kier molecular flexibility index (Phi) is 2.48. The molecule has 1 aromatic rings. The smallest absolute Gasteiger partial charge is 0.0447 e. The average Bonchev–Trinajstić information content (AvgIpc) is 2.03. The van der Waals surface area contributed by atoms with Crippen molar-refractivity contribution in [2.75, 3.05) is 0 Å². The summed E-state index contributed by atoms with van der Waals surface area (Å²) in [6, 6.07) is 5.86. The highest BCUT2D eigenvalue weighted by Gasteiger charge is 1.84. The van der Waals surface area contributed by atoms with Crippen molar-refractivity contribution < 1.29 is 0 Å². The third-order valence-electron chi connectivity index (χ3n) is 1.18. The molecule has 0 aliphatic rings. The molecule has 0 amide bonds. The van der Waals surface area contributed by atoms with Crippen LogP contribution in [-0.4, -0.2) is 4.98 Å². The number of rotatable bonds is 2. The summed E-state index contributed by atoms with van der Waals surface area (Å²) in [5, 5.41) is 0. The molecule has 0 unspecified atom stereocenters. The van der Waals surface area contributed by atoms with Gasteiger partial charge in [-0.1, -0.05) is 12.6 Å². The summed E-state index contributed by atoms with van der Waals surface area (Å²) in [6.45, 7) is 3.47. The maximum absolute atomic E-state index is 4.12. The maximum Gasteiger partial charge on any atom is 0.0447 e. The van der Waals surface area contributed by atoms with E-state index in [9.17, 15) is 0 Å². The van der Waals surface area contributed by atoms with Crippen molar-refractivity contribution in [1.29, 1.82) is 0 Å². The SMILES string of the molecule is C=C=CCc1ccccn1. The predicted octanol–water partition coefficient (Wildman–Crippen LogP) is 1.97. The van der Waals surface area contributed by atoms with Crippen molar-refractivity contribution in [1.82, 2.24) is 4.98 Å². The topological polar surface area (TPSA) is 12.9 Å². The Morgan fingerprint density at radius 3 is 3.10 bits per heavy atom. The van der Waals surface area contributed by atoms with Crippen LogP contribution in [0.15, 0.2) is 42.8 Å². The zero-order valence-corrected chi connectivity index (χ0v) is 5.75. The largest absolute Gasteiger partial charge is 0.261 e. The molecule has 0 bridgehead atoms. The van der Waals surface area contributed by atoms with Gasteiger partial charge in [0, 0.05) is 18.3 Å². The Hall–Kier alpha value is -1.33. The fourth-order valence-corrected chi connectivity index (χ4v) is 0.696. The van der Waals surface area contributed by atoms with Gasteiger partial charge in [-0.25, -0.2) is 0 Å². The van der Waals surface area contributed by atoms with E-state index in [1.807, 2.05) is 24.3 Å². The second-order valence-corrected chi connectivity index (χ2v) is 1.93. The molecular weight excluding hydrogens is 122 g/mol. The number of aromatic nitrogens is 1. The van der Waals surface area contributed by atoms with Crippen LogP contribution in [0.2, 0.25) is 0 Å². The van der Waals surface area contributed by atoms with Crippen LogP contribution >= 0.6 is 0 Å². The molecule has 0 saturated carbocycles. The monoisotopic (exact) mass is 131 g/mol. The number of hydrogen-bond acceptors (Lipinski definition) is 1. The van der Waals surface area contributed by atoms with E-state index >= 15 is 0 Å². The van der Waals surface area contributed by atoms with Crippen molar-refractivity contribution in [2.45, 2.75) is 6.42 Å². The first-order valence-corrected chi connectivity index (χ1v) is 3.17. The van der Waals surface area contributed by atoms with Crippen LogP contribution in [0.5, 0.6) is 0 Å². The standard InChI is InChI=1S/C9H9N/c1-2-3-6-9-7-4-5-8-10-9/h3-5,7-8H,1,6H2. The van der Waals surface area contributed by atoms with E-state index in [1.54, 1.807) is 6.20 Å². The van der Waals surface area contributed by atoms with E-state index < -0.39 is 0 Å². The molecule has 1 aromatic heterocycles. The lowest BCUT2D eigenvalue weighted by molar-refractivity contribution is 1.11. The Morgan fingerprint density at radius 1 is 1.60 bits per heavy atom. The molecule has 1 heteroatoms. The summed E-state index contributed by atoms with van der Waals surface area (Å²) in [6.07, 6.45) is 4.47. The van der Waals surface area contributed by atoms with Gasteiger partial charge in [-0.2, -0.15) is 0 Å². The van der Waals surface area contributed by atoms with Crippen molar-refractivity contribution in [2.24, 2.45) is 0 Å². The summed E-state index contributed by atoms with van der Waals surface area (Å²) in [7, 11) is 0. The summed E-state index contributed by atoms with van der Waals surface area (Å²) in [5.41, 5.74) is 3.76. The fourth-order valence-electron chi connectivity index (χ4n) is 0.696. The van der Waals surface area contributed by atoms with Crippen LogP contribution < -0.4 is 0 Å². The molecule has 50 valence electrons. The van der Waals surface area contributed by atoms with Gasteiger partial charge < -0.3 is 0 Å². The van der Waals surface area contributed by atoms with Crippen molar-refractivity contribution >= 4 is 0 Å². The van der Waals surface area contributed by atoms with E-state index in [0.29, 0.717) is 0 Å². The second-order valence-electron chi connectivity index (χ2n) is 1.93. The van der Waals surface area contributed by atoms with E-state index in [1.165, 1.54) is 0 Å². The van der Waals surface area contributed by atoms with Gasteiger partial charge >= 0.3 is 0 Å². The first-order chi connectivity index (χ1) is 4.93. The van der Waals surface area contributed by atoms with Gasteiger partial charge in [0.2, 0.25) is 0 Å². The van der Waals surface area contributed by atoms with Crippen LogP contribution in [0.3, 0.4) is 0 Å². The van der Waals surface area contributed by atoms with Crippen molar-refractivity contribution in [3.8, 4) is 0 Å². The zero-order chi connectivity index (χ0) is 7.23. The lowest BCUT2D eigenvalue weighted by Crippen LogP contribution is -1.82. The fraction of sp³-hybridized carbons (Fsp3) is 0.111. The van der Waals surface area contributed by atoms with E-state index in [2.05, 4.69) is 17.3 Å². The van der Waals surface area contributed by atoms with Gasteiger partial charge in [-0.3, -0.25) is 4.98 Å². The first kappa shape index (κ1) is 6.79. The molecule has 0 spiro atoms. The number of hydrogen-bond donors (Lipinski definition) is 0. The number of nitrogens with zero attached hydrogens (tertiary/aromatic N) is 1. The lowest BCUT2D eigenvalue weighted by Gasteiger charge is -1.90. The summed E-state index contributed by atoms with van der Waals surface area (Å²) < 4.78 is 0. The summed E-state index contributed by atoms with van der Waals surface area (Å²) in [4.78, 5) is 4.12. The van der Waals surface area contributed by atoms with Gasteiger partial charge in [0.1, 0.15) is 0 Å². The average molecular weight is 131 g/mol. The van der Waals surface area contributed by atoms with Crippen LogP contribution in [0, 0.1) is 0 Å². The number of allylic oxidation sites excluding steroid dienone is 1. The normalized spacial score (nSPS) is 8.40. The van der Waals surface area contributed by atoms with Gasteiger partial charge in [0.25, 0.3) is 0 Å². The molecule has 0 atom stereocenters. The quantitative estimate of drug-likeness (QED) is 0.559. The zero-order valence-electron chi connectivity index (χ0n) is 5.75. The van der Waals surface area contributed by atoms with E-state index in [0.717, 1.165) is 12.1 Å². The van der Waals surface area contributed by atoms with Gasteiger partial charge in [-0.15, -0.1) is 5.73 Å². The molecule has 0 radical (unpaired) electrons. The second kappa shape index (κ2) is 3.65. The van der Waals surface area contributed by atoms with Crippen LogP contribution in [-0.2, 0) is 6.42 Å². The minimum atomic E-state index is 0.824. The molecule has 1 nitrogen and oxygen atoms in total. The molecule has 0 aromatic carbocycles. The summed E-state index contributed by atoms with van der Waals surface area (Å²) >= 11 is 0. The molecule has 0 fully saturated rings. The molecule has 0 saturated heterocycles. The highest BCUT2D eigenvalue weighted by Crippen LogP contribution is 1.93. The Balaban J connectivity index is 2.67. The van der Waals surface area contributed by atoms with E-state index in [4.69, 9.17) is 0 Å². The third-order valence-corrected chi connectivity index (χ3v) is 1.18. The van der Waals surface area contributed by atoms with Crippen LogP contribution in [0.25, 0.3) is 0 Å². The van der Waals surface area contributed by atoms with E-state index in [-0.39, 0.29) is 0 Å². The third kappa shape index (κ3) is 1.88. The highest BCUT2D eigenvalue weighted by atomic mass is 14.7. The van der Waals surface area contributed by atoms with Crippen molar-refractivity contribution in [3.05, 3.63) is 48.5 Å². The highest BCUT2D eigenvalue weighted by molar-refractivity contribution is 5.06. The minimum Gasteiger partial charge on any atom is -0.261 e. The molecular formula is C9H9N. The Labute approximate surface area is 60.7 Å². The molecule has 1 heterocycles.